The van der Waals surface area contributed by atoms with Crippen molar-refractivity contribution in [3.63, 3.8) is 0 Å². The molecular weight excluding hydrogens is 252 g/mol. The number of aliphatic carboxylic acids is 1. The van der Waals surface area contributed by atoms with Gasteiger partial charge in [0.05, 0.1) is 18.3 Å². The molecule has 0 bridgehead atoms. The Morgan fingerprint density at radius 3 is 3.05 bits per heavy atom. The van der Waals surface area contributed by atoms with Crippen molar-refractivity contribution in [1.82, 2.24) is 20.3 Å². The Balaban J connectivity index is 1.99. The van der Waals surface area contributed by atoms with Crippen LogP contribution in [0.1, 0.15) is 30.3 Å². The maximum absolute atomic E-state index is 12.0. The average Bonchev–Trinajstić information content (AvgIpc) is 2.77. The fourth-order valence-corrected chi connectivity index (χ4v) is 1.99. The third kappa shape index (κ3) is 3.50. The zero-order chi connectivity index (χ0) is 13.9. The summed E-state index contributed by atoms with van der Waals surface area (Å²) >= 11 is 0. The molecule has 8 nitrogen and oxygen atoms in total. The Kier molecular flexibility index (Phi) is 3.79. The molecule has 1 saturated heterocycles. The summed E-state index contributed by atoms with van der Waals surface area (Å²) in [6.07, 6.45) is 3.04. The molecule has 1 amide bonds. The van der Waals surface area contributed by atoms with Gasteiger partial charge in [0, 0.05) is 6.61 Å². The predicted octanol–water partition coefficient (Wildman–Crippen LogP) is -0.338. The number of aromatic nitrogens is 3. The van der Waals surface area contributed by atoms with Crippen LogP contribution in [0.5, 0.6) is 0 Å². The number of ether oxygens (including phenoxy) is 1. The molecule has 0 aliphatic carbocycles. The molecule has 1 fully saturated rings. The molecule has 2 heterocycles. The number of carbonyl (C=O) groups excluding carboxylic acids is 1. The summed E-state index contributed by atoms with van der Waals surface area (Å²) in [6.45, 7) is 2.76. The number of hydrogen-bond donors (Lipinski definition) is 2. The van der Waals surface area contributed by atoms with Gasteiger partial charge in [-0.15, -0.1) is 5.10 Å². The van der Waals surface area contributed by atoms with Crippen LogP contribution in [0.25, 0.3) is 0 Å². The van der Waals surface area contributed by atoms with Crippen molar-refractivity contribution in [2.24, 2.45) is 0 Å². The van der Waals surface area contributed by atoms with Gasteiger partial charge in [-0.05, 0) is 19.8 Å². The van der Waals surface area contributed by atoms with E-state index >= 15 is 0 Å². The van der Waals surface area contributed by atoms with E-state index in [4.69, 9.17) is 9.84 Å². The lowest BCUT2D eigenvalue weighted by Gasteiger charge is -2.33. The number of nitrogens with zero attached hydrogens (tertiary/aromatic N) is 3. The molecule has 0 aromatic carbocycles. The first-order valence-corrected chi connectivity index (χ1v) is 6.01. The lowest BCUT2D eigenvalue weighted by molar-refractivity contribution is -0.137. The first-order chi connectivity index (χ1) is 8.98. The third-order valence-corrected chi connectivity index (χ3v) is 2.92. The SMILES string of the molecule is CC1(NC(=O)c2cn(CC(=O)O)nn2)CCCOC1. The van der Waals surface area contributed by atoms with Crippen molar-refractivity contribution in [1.29, 1.82) is 0 Å². The standard InChI is InChI=1S/C11H16N4O4/c1-11(3-2-4-19-7-11)12-10(18)8-5-15(14-13-8)6-9(16)17/h5H,2-4,6-7H2,1H3,(H,12,18)(H,16,17). The van der Waals surface area contributed by atoms with E-state index in [1.54, 1.807) is 0 Å². The highest BCUT2D eigenvalue weighted by molar-refractivity contribution is 5.92. The molecule has 8 heteroatoms. The van der Waals surface area contributed by atoms with E-state index in [1.165, 1.54) is 6.20 Å². The number of hydrogen-bond acceptors (Lipinski definition) is 5. The van der Waals surface area contributed by atoms with Crippen LogP contribution in [0.2, 0.25) is 0 Å². The van der Waals surface area contributed by atoms with Gasteiger partial charge < -0.3 is 15.2 Å². The zero-order valence-electron chi connectivity index (χ0n) is 10.6. The van der Waals surface area contributed by atoms with E-state index in [-0.39, 0.29) is 18.1 Å². The molecule has 2 N–H and O–H groups in total. The van der Waals surface area contributed by atoms with Gasteiger partial charge in [-0.1, -0.05) is 5.21 Å². The lowest BCUT2D eigenvalue weighted by atomic mass is 9.95. The van der Waals surface area contributed by atoms with Crippen LogP contribution < -0.4 is 5.32 Å². The van der Waals surface area contributed by atoms with Gasteiger partial charge in [0.2, 0.25) is 0 Å². The molecule has 1 aromatic heterocycles. The quantitative estimate of drug-likeness (QED) is 0.774. The normalized spacial score (nSPS) is 23.0. The van der Waals surface area contributed by atoms with Gasteiger partial charge in [0.15, 0.2) is 5.69 Å². The Morgan fingerprint density at radius 2 is 2.42 bits per heavy atom. The highest BCUT2D eigenvalue weighted by Crippen LogP contribution is 2.18. The Labute approximate surface area is 109 Å². The monoisotopic (exact) mass is 268 g/mol. The van der Waals surface area contributed by atoms with Gasteiger partial charge >= 0.3 is 5.97 Å². The molecule has 1 aliphatic rings. The summed E-state index contributed by atoms with van der Waals surface area (Å²) in [7, 11) is 0. The Hall–Kier alpha value is -1.96. The van der Waals surface area contributed by atoms with Crippen molar-refractivity contribution in [3.8, 4) is 0 Å². The fraction of sp³-hybridized carbons (Fsp3) is 0.636. The summed E-state index contributed by atoms with van der Waals surface area (Å²) in [4.78, 5) is 22.5. The molecule has 1 aliphatic heterocycles. The van der Waals surface area contributed by atoms with Crippen LogP contribution in [-0.2, 0) is 16.1 Å². The first-order valence-electron chi connectivity index (χ1n) is 6.01. The molecule has 1 aromatic rings. The fourth-order valence-electron chi connectivity index (χ4n) is 1.99. The van der Waals surface area contributed by atoms with E-state index in [1.807, 2.05) is 6.92 Å². The number of carbonyl (C=O) groups is 2. The van der Waals surface area contributed by atoms with Gasteiger partial charge in [-0.25, -0.2) is 4.68 Å². The molecule has 19 heavy (non-hydrogen) atoms. The van der Waals surface area contributed by atoms with E-state index < -0.39 is 11.5 Å². The number of carboxylic acid groups (broad SMARTS) is 1. The lowest BCUT2D eigenvalue weighted by Crippen LogP contribution is -2.51. The molecule has 1 unspecified atom stereocenters. The zero-order valence-corrected chi connectivity index (χ0v) is 10.6. The second-order valence-corrected chi connectivity index (χ2v) is 4.87. The molecule has 0 radical (unpaired) electrons. The minimum Gasteiger partial charge on any atom is -0.480 e. The Bertz CT molecular complexity index is 479. The molecule has 104 valence electrons. The van der Waals surface area contributed by atoms with Gasteiger partial charge in [-0.3, -0.25) is 9.59 Å². The molecular formula is C11H16N4O4. The topological polar surface area (TPSA) is 106 Å². The van der Waals surface area contributed by atoms with E-state index in [2.05, 4.69) is 15.6 Å². The van der Waals surface area contributed by atoms with Crippen LogP contribution in [-0.4, -0.2) is 50.7 Å². The molecule has 0 saturated carbocycles. The number of nitrogens with one attached hydrogen (secondary N) is 1. The number of carboxylic acids is 1. The van der Waals surface area contributed by atoms with Crippen LogP contribution in [0.3, 0.4) is 0 Å². The largest absolute Gasteiger partial charge is 0.480 e. The average molecular weight is 268 g/mol. The van der Waals surface area contributed by atoms with Crippen LogP contribution in [0.15, 0.2) is 6.20 Å². The number of rotatable bonds is 4. The van der Waals surface area contributed by atoms with Gasteiger partial charge in [0.25, 0.3) is 5.91 Å². The maximum Gasteiger partial charge on any atom is 0.325 e. The Morgan fingerprint density at radius 1 is 1.63 bits per heavy atom. The summed E-state index contributed by atoms with van der Waals surface area (Å²) in [5.41, 5.74) is -0.306. The molecule has 2 rings (SSSR count). The minimum atomic E-state index is -1.04. The highest BCUT2D eigenvalue weighted by Gasteiger charge is 2.30. The second-order valence-electron chi connectivity index (χ2n) is 4.87. The van der Waals surface area contributed by atoms with Crippen molar-refractivity contribution in [2.75, 3.05) is 13.2 Å². The van der Waals surface area contributed by atoms with Crippen molar-refractivity contribution < 1.29 is 19.4 Å². The van der Waals surface area contributed by atoms with Gasteiger partial charge in [0.1, 0.15) is 6.54 Å². The van der Waals surface area contributed by atoms with E-state index in [0.29, 0.717) is 13.2 Å². The van der Waals surface area contributed by atoms with Crippen LogP contribution in [0.4, 0.5) is 0 Å². The summed E-state index contributed by atoms with van der Waals surface area (Å²) in [5.74, 6) is -1.41. The summed E-state index contributed by atoms with van der Waals surface area (Å²) in [6, 6.07) is 0. The van der Waals surface area contributed by atoms with Crippen molar-refractivity contribution in [2.45, 2.75) is 31.8 Å². The highest BCUT2D eigenvalue weighted by atomic mass is 16.5. The molecule has 0 spiro atoms. The van der Waals surface area contributed by atoms with E-state index in [9.17, 15) is 9.59 Å². The first kappa shape index (κ1) is 13.5. The maximum atomic E-state index is 12.0. The third-order valence-electron chi connectivity index (χ3n) is 2.92. The smallest absolute Gasteiger partial charge is 0.325 e. The van der Waals surface area contributed by atoms with E-state index in [0.717, 1.165) is 17.5 Å². The predicted molar refractivity (Wildman–Crippen MR) is 63.6 cm³/mol. The number of amides is 1. The molecule has 1 atom stereocenters. The van der Waals surface area contributed by atoms with Crippen molar-refractivity contribution >= 4 is 11.9 Å². The summed E-state index contributed by atoms with van der Waals surface area (Å²) in [5, 5.41) is 18.7. The van der Waals surface area contributed by atoms with Gasteiger partial charge in [-0.2, -0.15) is 0 Å². The minimum absolute atomic E-state index is 0.105. The second kappa shape index (κ2) is 5.35. The van der Waals surface area contributed by atoms with Crippen LogP contribution in [0, 0.1) is 0 Å². The van der Waals surface area contributed by atoms with Crippen LogP contribution >= 0.6 is 0 Å². The van der Waals surface area contributed by atoms with Crippen molar-refractivity contribution in [3.05, 3.63) is 11.9 Å². The summed E-state index contributed by atoms with van der Waals surface area (Å²) < 4.78 is 6.45.